The van der Waals surface area contributed by atoms with Gasteiger partial charge in [0.05, 0.1) is 16.6 Å². The van der Waals surface area contributed by atoms with Gasteiger partial charge in [-0.25, -0.2) is 13.1 Å². The molecule has 1 N–H and O–H groups in total. The zero-order valence-electron chi connectivity index (χ0n) is 18.5. The minimum absolute atomic E-state index is 0.0282. The van der Waals surface area contributed by atoms with Gasteiger partial charge in [-0.2, -0.15) is 4.31 Å². The van der Waals surface area contributed by atoms with Crippen molar-refractivity contribution in [3.63, 3.8) is 0 Å². The van der Waals surface area contributed by atoms with Gasteiger partial charge in [0, 0.05) is 19.1 Å². The second kappa shape index (κ2) is 8.47. The quantitative estimate of drug-likeness (QED) is 0.755. The number of hydrogen-bond acceptors (Lipinski definition) is 5. The number of carbonyl (C=O) groups is 1. The Kier molecular flexibility index (Phi) is 6.33. The van der Waals surface area contributed by atoms with Gasteiger partial charge in [-0.3, -0.25) is 4.79 Å². The predicted octanol–water partition coefficient (Wildman–Crippen LogP) is 2.45. The Balaban J connectivity index is 1.91. The molecule has 1 aliphatic rings. The van der Waals surface area contributed by atoms with Gasteiger partial charge >= 0.3 is 0 Å². The molecule has 0 aliphatic carbocycles. The Morgan fingerprint density at radius 3 is 2.50 bits per heavy atom. The first-order valence-corrected chi connectivity index (χ1v) is 11.9. The summed E-state index contributed by atoms with van der Waals surface area (Å²) in [5.41, 5.74) is 3.81. The summed E-state index contributed by atoms with van der Waals surface area (Å²) in [4.78, 5) is 12.6. The fraction of sp³-hybridized carbons (Fsp3) is 0.571. The van der Waals surface area contributed by atoms with E-state index in [1.54, 1.807) is 22.8 Å². The molecule has 0 unspecified atom stereocenters. The minimum Gasteiger partial charge on any atom is -0.348 e. The molecule has 1 aliphatic heterocycles. The summed E-state index contributed by atoms with van der Waals surface area (Å²) in [7, 11) is -3.31. The van der Waals surface area contributed by atoms with Crippen molar-refractivity contribution in [3.8, 4) is 5.69 Å². The maximum Gasteiger partial charge on any atom is 0.273 e. The Labute approximate surface area is 178 Å². The molecular formula is C21H31N5O3S. The lowest BCUT2D eigenvalue weighted by Gasteiger charge is -2.30. The number of fused-ring (bicyclic) bond motifs is 1. The van der Waals surface area contributed by atoms with Crippen LogP contribution in [0.3, 0.4) is 0 Å². The van der Waals surface area contributed by atoms with Crippen molar-refractivity contribution in [2.45, 2.75) is 65.8 Å². The number of aromatic nitrogens is 3. The molecule has 3 rings (SSSR count). The van der Waals surface area contributed by atoms with E-state index < -0.39 is 15.3 Å². The topological polar surface area (TPSA) is 97.2 Å². The highest BCUT2D eigenvalue weighted by molar-refractivity contribution is 7.89. The van der Waals surface area contributed by atoms with Crippen LogP contribution in [0.1, 0.15) is 61.9 Å². The maximum atomic E-state index is 12.6. The standard InChI is InChI=1S/C21H31N5O3S/c1-13(2)15(5)22-21(27)20-16(6)26(24-23-20)19-9-7-8-17-12-25(11-10-18(17)19)30(28,29)14(3)4/h7-9,13-15H,10-12H2,1-6H3,(H,22,27)/t15-/m1/s1. The number of hydrogen-bond donors (Lipinski definition) is 1. The van der Waals surface area contributed by atoms with Crippen molar-refractivity contribution in [2.75, 3.05) is 6.54 Å². The van der Waals surface area contributed by atoms with Gasteiger partial charge in [-0.05, 0) is 57.2 Å². The number of carbonyl (C=O) groups excluding carboxylic acids is 1. The van der Waals surface area contributed by atoms with Crippen LogP contribution in [-0.4, -0.2) is 51.5 Å². The molecule has 1 amide bonds. The highest BCUT2D eigenvalue weighted by Crippen LogP contribution is 2.28. The number of nitrogens with zero attached hydrogens (tertiary/aromatic N) is 4. The third-order valence-corrected chi connectivity index (χ3v) is 8.08. The van der Waals surface area contributed by atoms with Crippen LogP contribution in [0.15, 0.2) is 18.2 Å². The number of nitrogens with one attached hydrogen (secondary N) is 1. The lowest BCUT2D eigenvalue weighted by Crippen LogP contribution is -2.40. The van der Waals surface area contributed by atoms with E-state index in [9.17, 15) is 13.2 Å². The summed E-state index contributed by atoms with van der Waals surface area (Å²) >= 11 is 0. The average molecular weight is 434 g/mol. The first kappa shape index (κ1) is 22.4. The fourth-order valence-electron chi connectivity index (χ4n) is 3.49. The Bertz CT molecular complexity index is 1040. The molecule has 0 spiro atoms. The van der Waals surface area contributed by atoms with E-state index in [4.69, 9.17) is 0 Å². The molecule has 2 heterocycles. The molecule has 1 aromatic carbocycles. The van der Waals surface area contributed by atoms with Crippen molar-refractivity contribution < 1.29 is 13.2 Å². The number of sulfonamides is 1. The van der Waals surface area contributed by atoms with Crippen LogP contribution in [0.5, 0.6) is 0 Å². The van der Waals surface area contributed by atoms with Gasteiger partial charge in [-0.1, -0.05) is 31.2 Å². The van der Waals surface area contributed by atoms with E-state index in [-0.39, 0.29) is 11.9 Å². The summed E-state index contributed by atoms with van der Waals surface area (Å²) in [6, 6.07) is 5.80. The van der Waals surface area contributed by atoms with E-state index in [2.05, 4.69) is 15.6 Å². The zero-order valence-corrected chi connectivity index (χ0v) is 19.3. The summed E-state index contributed by atoms with van der Waals surface area (Å²) < 4.78 is 28.4. The second-order valence-electron chi connectivity index (χ2n) is 8.53. The molecule has 9 heteroatoms. The third-order valence-electron chi connectivity index (χ3n) is 5.86. The second-order valence-corrected chi connectivity index (χ2v) is 11.0. The van der Waals surface area contributed by atoms with Crippen LogP contribution in [0.25, 0.3) is 5.69 Å². The van der Waals surface area contributed by atoms with Crippen molar-refractivity contribution in [2.24, 2.45) is 5.92 Å². The third kappa shape index (κ3) is 4.13. The fourth-order valence-corrected chi connectivity index (χ4v) is 4.75. The highest BCUT2D eigenvalue weighted by Gasteiger charge is 2.31. The number of benzene rings is 1. The molecule has 0 bridgehead atoms. The lowest BCUT2D eigenvalue weighted by atomic mass is 9.99. The molecule has 1 atom stereocenters. The summed E-state index contributed by atoms with van der Waals surface area (Å²) in [6.45, 7) is 12.1. The molecule has 164 valence electrons. The average Bonchev–Trinajstić information content (AvgIpc) is 3.08. The molecule has 0 saturated heterocycles. The SMILES string of the molecule is Cc1c(C(=O)N[C@H](C)C(C)C)nnn1-c1cccc2c1CCN(S(=O)(=O)C(C)C)C2. The van der Waals surface area contributed by atoms with E-state index >= 15 is 0 Å². The Morgan fingerprint density at radius 1 is 1.17 bits per heavy atom. The van der Waals surface area contributed by atoms with Gasteiger partial charge in [0.25, 0.3) is 5.91 Å². The minimum atomic E-state index is -3.31. The largest absolute Gasteiger partial charge is 0.348 e. The van der Waals surface area contributed by atoms with E-state index in [1.165, 1.54) is 0 Å². The molecule has 2 aromatic rings. The van der Waals surface area contributed by atoms with Gasteiger partial charge in [0.1, 0.15) is 0 Å². The van der Waals surface area contributed by atoms with E-state index in [1.807, 2.05) is 45.9 Å². The van der Waals surface area contributed by atoms with Crippen LogP contribution in [0.4, 0.5) is 0 Å². The zero-order chi connectivity index (χ0) is 22.2. The maximum absolute atomic E-state index is 12.6. The molecule has 30 heavy (non-hydrogen) atoms. The smallest absolute Gasteiger partial charge is 0.273 e. The van der Waals surface area contributed by atoms with Crippen molar-refractivity contribution >= 4 is 15.9 Å². The molecule has 0 radical (unpaired) electrons. The Morgan fingerprint density at radius 2 is 1.87 bits per heavy atom. The summed E-state index contributed by atoms with van der Waals surface area (Å²) in [5, 5.41) is 10.9. The van der Waals surface area contributed by atoms with Crippen molar-refractivity contribution in [1.82, 2.24) is 24.6 Å². The van der Waals surface area contributed by atoms with Crippen LogP contribution >= 0.6 is 0 Å². The van der Waals surface area contributed by atoms with Crippen LogP contribution in [0, 0.1) is 12.8 Å². The normalized spacial score (nSPS) is 16.0. The number of rotatable bonds is 6. The van der Waals surface area contributed by atoms with Gasteiger partial charge in [-0.15, -0.1) is 5.10 Å². The number of amides is 1. The van der Waals surface area contributed by atoms with E-state index in [0.717, 1.165) is 16.8 Å². The van der Waals surface area contributed by atoms with Crippen LogP contribution in [-0.2, 0) is 23.0 Å². The Hall–Kier alpha value is -2.26. The summed E-state index contributed by atoms with van der Waals surface area (Å²) in [6.07, 6.45) is 0.586. The van der Waals surface area contributed by atoms with Gasteiger partial charge in [0.15, 0.2) is 5.69 Å². The molecule has 0 fully saturated rings. The monoisotopic (exact) mass is 433 g/mol. The van der Waals surface area contributed by atoms with Crippen molar-refractivity contribution in [1.29, 1.82) is 0 Å². The van der Waals surface area contributed by atoms with Crippen molar-refractivity contribution in [3.05, 3.63) is 40.7 Å². The first-order valence-electron chi connectivity index (χ1n) is 10.4. The first-order chi connectivity index (χ1) is 14.0. The summed E-state index contributed by atoms with van der Waals surface area (Å²) in [5.74, 6) is 0.0782. The lowest BCUT2D eigenvalue weighted by molar-refractivity contribution is 0.0924. The van der Waals surface area contributed by atoms with Crippen LogP contribution in [0.2, 0.25) is 0 Å². The molecular weight excluding hydrogens is 402 g/mol. The van der Waals surface area contributed by atoms with Gasteiger partial charge < -0.3 is 5.32 Å². The predicted molar refractivity (Wildman–Crippen MR) is 116 cm³/mol. The van der Waals surface area contributed by atoms with E-state index in [0.29, 0.717) is 36.8 Å². The van der Waals surface area contributed by atoms with Gasteiger partial charge in [0.2, 0.25) is 10.0 Å². The highest BCUT2D eigenvalue weighted by atomic mass is 32.2. The molecule has 8 nitrogen and oxygen atoms in total. The molecule has 1 aromatic heterocycles. The molecule has 0 saturated carbocycles. The van der Waals surface area contributed by atoms with Crippen LogP contribution < -0.4 is 5.32 Å².